The van der Waals surface area contributed by atoms with Gasteiger partial charge < -0.3 is 14.8 Å². The maximum absolute atomic E-state index is 12.5. The highest BCUT2D eigenvalue weighted by Crippen LogP contribution is 2.14. The molecule has 1 fully saturated rings. The lowest BCUT2D eigenvalue weighted by atomic mass is 10.1. The quantitative estimate of drug-likeness (QED) is 0.914. The van der Waals surface area contributed by atoms with Crippen LogP contribution in [0.1, 0.15) is 43.0 Å². The van der Waals surface area contributed by atoms with E-state index in [9.17, 15) is 14.4 Å². The zero-order valence-electron chi connectivity index (χ0n) is 12.5. The largest absolute Gasteiger partial charge is 0.339 e. The summed E-state index contributed by atoms with van der Waals surface area (Å²) in [6.45, 7) is 3.21. The molecule has 1 saturated heterocycles. The summed E-state index contributed by atoms with van der Waals surface area (Å²) in [7, 11) is 1.58. The van der Waals surface area contributed by atoms with E-state index in [0.29, 0.717) is 5.56 Å². The first-order chi connectivity index (χ1) is 10.0. The van der Waals surface area contributed by atoms with Crippen LogP contribution in [-0.4, -0.2) is 34.4 Å². The van der Waals surface area contributed by atoms with Crippen molar-refractivity contribution in [2.45, 2.75) is 32.6 Å². The first-order valence-corrected chi connectivity index (χ1v) is 7.32. The molecule has 6 heteroatoms. The smallest absolute Gasteiger partial charge is 0.274 e. The molecule has 0 spiro atoms. The van der Waals surface area contributed by atoms with Gasteiger partial charge in [-0.25, -0.2) is 0 Å². The van der Waals surface area contributed by atoms with Crippen molar-refractivity contribution in [1.29, 1.82) is 0 Å². The van der Waals surface area contributed by atoms with Crippen molar-refractivity contribution >= 4 is 17.5 Å². The van der Waals surface area contributed by atoms with E-state index in [1.54, 1.807) is 18.9 Å². The lowest BCUT2D eigenvalue weighted by Gasteiger charge is -2.27. The van der Waals surface area contributed by atoms with E-state index in [2.05, 4.69) is 5.32 Å². The van der Waals surface area contributed by atoms with Crippen LogP contribution in [0.15, 0.2) is 17.1 Å². The minimum atomic E-state index is -0.313. The normalized spacial score (nSPS) is 14.9. The fourth-order valence-electron chi connectivity index (χ4n) is 2.44. The van der Waals surface area contributed by atoms with E-state index in [0.717, 1.165) is 32.4 Å². The van der Waals surface area contributed by atoms with E-state index in [4.69, 9.17) is 0 Å². The van der Waals surface area contributed by atoms with E-state index in [-0.39, 0.29) is 29.5 Å². The number of hydrogen-bond acceptors (Lipinski definition) is 3. The second-order valence-electron chi connectivity index (χ2n) is 5.31. The maximum atomic E-state index is 12.5. The molecule has 0 bridgehead atoms. The molecule has 1 aromatic rings. The molecule has 1 aliphatic heterocycles. The summed E-state index contributed by atoms with van der Waals surface area (Å²) in [4.78, 5) is 37.7. The van der Waals surface area contributed by atoms with E-state index in [1.807, 2.05) is 0 Å². The van der Waals surface area contributed by atoms with Crippen LogP contribution in [0.3, 0.4) is 0 Å². The van der Waals surface area contributed by atoms with Crippen molar-refractivity contribution in [3.63, 3.8) is 0 Å². The van der Waals surface area contributed by atoms with Gasteiger partial charge in [0.1, 0.15) is 5.69 Å². The Kier molecular flexibility index (Phi) is 4.77. The number of carbonyl (C=O) groups is 2. The van der Waals surface area contributed by atoms with Crippen LogP contribution >= 0.6 is 0 Å². The minimum absolute atomic E-state index is 0.0858. The van der Waals surface area contributed by atoms with Crippen LogP contribution in [0.2, 0.25) is 0 Å². The van der Waals surface area contributed by atoms with E-state index >= 15 is 0 Å². The number of hydrogen-bond donors (Lipinski definition) is 1. The van der Waals surface area contributed by atoms with E-state index < -0.39 is 0 Å². The third-order valence-electron chi connectivity index (χ3n) is 3.67. The maximum Gasteiger partial charge on any atom is 0.274 e. The molecule has 6 nitrogen and oxygen atoms in total. The summed E-state index contributed by atoms with van der Waals surface area (Å²) in [6, 6.07) is 1.48. The molecule has 0 radical (unpaired) electrons. The standard InChI is InChI=1S/C15H21N3O3/c1-3-13(19)16-12-9-11(10-17(2)15(12)21)14(20)18-7-5-4-6-8-18/h9-10H,3-8H2,1-2H3,(H,16,19). The van der Waals surface area contributed by atoms with Crippen LogP contribution < -0.4 is 10.9 Å². The summed E-state index contributed by atoms with van der Waals surface area (Å²) < 4.78 is 1.34. The van der Waals surface area contributed by atoms with Gasteiger partial charge in [-0.1, -0.05) is 6.92 Å². The second-order valence-corrected chi connectivity index (χ2v) is 5.31. The number of nitrogens with one attached hydrogen (secondary N) is 1. The fraction of sp³-hybridized carbons (Fsp3) is 0.533. The molecule has 0 aliphatic carbocycles. The SMILES string of the molecule is CCC(=O)Nc1cc(C(=O)N2CCCCC2)cn(C)c1=O. The van der Waals surface area contributed by atoms with Crippen LogP contribution in [0.4, 0.5) is 5.69 Å². The van der Waals surface area contributed by atoms with Crippen molar-refractivity contribution in [3.8, 4) is 0 Å². The molecule has 2 heterocycles. The van der Waals surface area contributed by atoms with Gasteiger partial charge in [-0.05, 0) is 25.3 Å². The summed E-state index contributed by atoms with van der Waals surface area (Å²) in [5.74, 6) is -0.327. The summed E-state index contributed by atoms with van der Waals surface area (Å²) in [6.07, 6.45) is 4.98. The molecule has 1 aromatic heterocycles. The van der Waals surface area contributed by atoms with Crippen LogP contribution in [-0.2, 0) is 11.8 Å². The number of aryl methyl sites for hydroxylation is 1. The van der Waals surface area contributed by atoms with Gasteiger partial charge in [0.2, 0.25) is 5.91 Å². The number of anilines is 1. The van der Waals surface area contributed by atoms with Gasteiger partial charge in [-0.15, -0.1) is 0 Å². The summed E-state index contributed by atoms with van der Waals surface area (Å²) in [5, 5.41) is 2.56. The molecule has 0 aromatic carbocycles. The zero-order chi connectivity index (χ0) is 15.4. The van der Waals surface area contributed by atoms with Crippen molar-refractivity contribution < 1.29 is 9.59 Å². The molecule has 21 heavy (non-hydrogen) atoms. The Bertz CT molecular complexity index is 601. The number of rotatable bonds is 3. The monoisotopic (exact) mass is 291 g/mol. The molecule has 1 N–H and O–H groups in total. The molecular weight excluding hydrogens is 270 g/mol. The molecule has 0 saturated carbocycles. The number of piperidine rings is 1. The number of likely N-dealkylation sites (tertiary alicyclic amines) is 1. The van der Waals surface area contributed by atoms with Crippen molar-refractivity contribution in [1.82, 2.24) is 9.47 Å². The predicted octanol–water partition coefficient (Wildman–Crippen LogP) is 1.36. The molecule has 0 unspecified atom stereocenters. The van der Waals surface area contributed by atoms with Gasteiger partial charge in [-0.2, -0.15) is 0 Å². The Hall–Kier alpha value is -2.11. The van der Waals surface area contributed by atoms with Crippen molar-refractivity contribution in [3.05, 3.63) is 28.2 Å². The number of nitrogens with zero attached hydrogens (tertiary/aromatic N) is 2. The van der Waals surface area contributed by atoms with Gasteiger partial charge in [0, 0.05) is 32.8 Å². The number of pyridine rings is 1. The van der Waals surface area contributed by atoms with Crippen molar-refractivity contribution in [2.24, 2.45) is 7.05 Å². The third kappa shape index (κ3) is 3.51. The van der Waals surface area contributed by atoms with Gasteiger partial charge >= 0.3 is 0 Å². The first kappa shape index (κ1) is 15.3. The lowest BCUT2D eigenvalue weighted by Crippen LogP contribution is -2.36. The van der Waals surface area contributed by atoms with Gasteiger partial charge in [0.15, 0.2) is 0 Å². The topological polar surface area (TPSA) is 71.4 Å². The highest BCUT2D eigenvalue weighted by atomic mass is 16.2. The Morgan fingerprint density at radius 1 is 1.24 bits per heavy atom. The number of amides is 2. The van der Waals surface area contributed by atoms with Crippen LogP contribution in [0.25, 0.3) is 0 Å². The Labute approximate surface area is 123 Å². The molecular formula is C15H21N3O3. The lowest BCUT2D eigenvalue weighted by molar-refractivity contribution is -0.115. The van der Waals surface area contributed by atoms with Crippen LogP contribution in [0.5, 0.6) is 0 Å². The van der Waals surface area contributed by atoms with Gasteiger partial charge in [-0.3, -0.25) is 14.4 Å². The van der Waals surface area contributed by atoms with Gasteiger partial charge in [0.05, 0.1) is 5.56 Å². The number of carbonyl (C=O) groups excluding carboxylic acids is 2. The molecule has 0 atom stereocenters. The van der Waals surface area contributed by atoms with E-state index in [1.165, 1.54) is 16.8 Å². The highest BCUT2D eigenvalue weighted by molar-refractivity contribution is 5.96. The second kappa shape index (κ2) is 6.56. The number of aromatic nitrogens is 1. The predicted molar refractivity (Wildman–Crippen MR) is 80.4 cm³/mol. The summed E-state index contributed by atoms with van der Waals surface area (Å²) in [5.41, 5.74) is 0.282. The van der Waals surface area contributed by atoms with Crippen LogP contribution in [0, 0.1) is 0 Å². The Balaban J connectivity index is 2.29. The third-order valence-corrected chi connectivity index (χ3v) is 3.67. The Morgan fingerprint density at radius 2 is 1.90 bits per heavy atom. The Morgan fingerprint density at radius 3 is 2.52 bits per heavy atom. The fourth-order valence-corrected chi connectivity index (χ4v) is 2.44. The molecule has 2 amide bonds. The molecule has 114 valence electrons. The summed E-state index contributed by atoms with van der Waals surface area (Å²) >= 11 is 0. The average molecular weight is 291 g/mol. The first-order valence-electron chi connectivity index (χ1n) is 7.32. The van der Waals surface area contributed by atoms with Gasteiger partial charge in [0.25, 0.3) is 11.5 Å². The zero-order valence-corrected chi connectivity index (χ0v) is 12.5. The molecule has 2 rings (SSSR count). The molecule has 1 aliphatic rings. The average Bonchev–Trinajstić information content (AvgIpc) is 2.51. The van der Waals surface area contributed by atoms with Crippen molar-refractivity contribution in [2.75, 3.05) is 18.4 Å². The highest BCUT2D eigenvalue weighted by Gasteiger charge is 2.20. The minimum Gasteiger partial charge on any atom is -0.339 e.